The van der Waals surface area contributed by atoms with Crippen LogP contribution in [0.1, 0.15) is 12.8 Å². The highest BCUT2D eigenvalue weighted by Crippen LogP contribution is 2.48. The summed E-state index contributed by atoms with van der Waals surface area (Å²) in [6.07, 6.45) is 2.34. The number of rotatable bonds is 0. The van der Waals surface area contributed by atoms with Crippen LogP contribution >= 0.6 is 31.9 Å². The first-order valence-electron chi connectivity index (χ1n) is 4.61. The van der Waals surface area contributed by atoms with Crippen LogP contribution in [0.15, 0.2) is 21.1 Å². The van der Waals surface area contributed by atoms with Gasteiger partial charge in [-0.05, 0) is 40.9 Å². The van der Waals surface area contributed by atoms with Gasteiger partial charge in [0.05, 0.1) is 12.2 Å². The highest BCUT2D eigenvalue weighted by atomic mass is 79.9. The van der Waals surface area contributed by atoms with Crippen molar-refractivity contribution >= 4 is 37.5 Å². The predicted octanol–water partition coefficient (Wildman–Crippen LogP) is 3.55. The molecular weight excluding hydrogens is 310 g/mol. The van der Waals surface area contributed by atoms with Gasteiger partial charge in [-0.1, -0.05) is 15.9 Å². The minimum atomic E-state index is 0.104. The predicted molar refractivity (Wildman–Crippen MR) is 62.9 cm³/mol. The molecule has 4 heteroatoms. The number of hydrogen-bond donors (Lipinski definition) is 1. The minimum Gasteiger partial charge on any atom is -0.483 e. The normalized spacial score (nSPS) is 21.0. The quantitative estimate of drug-likeness (QED) is 0.790. The van der Waals surface area contributed by atoms with Gasteiger partial charge >= 0.3 is 0 Å². The van der Waals surface area contributed by atoms with Gasteiger partial charge in [0.2, 0.25) is 0 Å². The summed E-state index contributed by atoms with van der Waals surface area (Å²) in [4.78, 5) is 0. The second kappa shape index (κ2) is 2.89. The van der Waals surface area contributed by atoms with E-state index in [2.05, 4.69) is 37.2 Å². The van der Waals surface area contributed by atoms with Gasteiger partial charge in [-0.3, -0.25) is 0 Å². The minimum absolute atomic E-state index is 0.104. The summed E-state index contributed by atoms with van der Waals surface area (Å²) >= 11 is 6.98. The number of halogens is 2. The van der Waals surface area contributed by atoms with Gasteiger partial charge in [0.1, 0.15) is 11.4 Å². The highest BCUT2D eigenvalue weighted by molar-refractivity contribution is 9.11. The van der Waals surface area contributed by atoms with Crippen molar-refractivity contribution in [3.8, 4) is 5.75 Å². The lowest BCUT2D eigenvalue weighted by Crippen LogP contribution is -2.32. The first-order valence-corrected chi connectivity index (χ1v) is 6.19. The van der Waals surface area contributed by atoms with E-state index in [4.69, 9.17) is 4.74 Å². The fourth-order valence-electron chi connectivity index (χ4n) is 1.74. The highest BCUT2D eigenvalue weighted by Gasteiger charge is 2.48. The number of ether oxygens (including phenoxy) is 1. The second-order valence-corrected chi connectivity index (χ2v) is 5.67. The monoisotopic (exact) mass is 317 g/mol. The summed E-state index contributed by atoms with van der Waals surface area (Å²) in [6.45, 7) is 0.931. The molecule has 0 bridgehead atoms. The summed E-state index contributed by atoms with van der Waals surface area (Å²) in [5.74, 6) is 0.954. The molecule has 2 aliphatic rings. The van der Waals surface area contributed by atoms with Gasteiger partial charge in [-0.15, -0.1) is 0 Å². The maximum atomic E-state index is 5.97. The van der Waals surface area contributed by atoms with Crippen molar-refractivity contribution in [2.45, 2.75) is 18.4 Å². The van der Waals surface area contributed by atoms with Crippen molar-refractivity contribution < 1.29 is 4.74 Å². The Morgan fingerprint density at radius 3 is 2.79 bits per heavy atom. The first-order chi connectivity index (χ1) is 6.69. The smallest absolute Gasteiger partial charge is 0.145 e. The van der Waals surface area contributed by atoms with Crippen molar-refractivity contribution in [2.75, 3.05) is 11.9 Å². The van der Waals surface area contributed by atoms with Gasteiger partial charge in [0.15, 0.2) is 0 Å². The zero-order valence-corrected chi connectivity index (χ0v) is 10.6. The molecule has 3 rings (SSSR count). The molecule has 0 saturated heterocycles. The van der Waals surface area contributed by atoms with E-state index in [0.717, 1.165) is 26.9 Å². The molecular formula is C10H9Br2NO. The Kier molecular flexibility index (Phi) is 1.86. The molecule has 0 amide bonds. The van der Waals surface area contributed by atoms with Crippen molar-refractivity contribution in [3.05, 3.63) is 21.1 Å². The average molecular weight is 319 g/mol. The molecule has 1 aromatic carbocycles. The van der Waals surface area contributed by atoms with Crippen LogP contribution in [0.2, 0.25) is 0 Å². The third-order valence-corrected chi connectivity index (χ3v) is 3.82. The van der Waals surface area contributed by atoms with Crippen LogP contribution in [0, 0.1) is 0 Å². The molecule has 14 heavy (non-hydrogen) atoms. The van der Waals surface area contributed by atoms with Gasteiger partial charge in [-0.2, -0.15) is 0 Å². The Bertz CT molecular complexity index is 401. The summed E-state index contributed by atoms with van der Waals surface area (Å²) in [7, 11) is 0. The first kappa shape index (κ1) is 9.04. The van der Waals surface area contributed by atoms with E-state index in [0.29, 0.717) is 0 Å². The molecule has 74 valence electrons. The Morgan fingerprint density at radius 2 is 2.07 bits per heavy atom. The molecule has 0 aromatic heterocycles. The van der Waals surface area contributed by atoms with Gasteiger partial charge in [0.25, 0.3) is 0 Å². The molecule has 0 radical (unpaired) electrons. The summed E-state index contributed by atoms with van der Waals surface area (Å²) < 4.78 is 8.07. The maximum absolute atomic E-state index is 5.97. The van der Waals surface area contributed by atoms with Crippen molar-refractivity contribution in [3.63, 3.8) is 0 Å². The van der Waals surface area contributed by atoms with E-state index in [1.165, 1.54) is 12.8 Å². The number of benzene rings is 1. The van der Waals surface area contributed by atoms with E-state index in [9.17, 15) is 0 Å². The van der Waals surface area contributed by atoms with E-state index in [1.54, 1.807) is 0 Å². The fourth-order valence-corrected chi connectivity index (χ4v) is 3.07. The topological polar surface area (TPSA) is 21.3 Å². The maximum Gasteiger partial charge on any atom is 0.145 e. The third-order valence-electron chi connectivity index (χ3n) is 2.74. The zero-order chi connectivity index (χ0) is 9.76. The second-order valence-electron chi connectivity index (χ2n) is 3.90. The van der Waals surface area contributed by atoms with Crippen molar-refractivity contribution in [2.24, 2.45) is 0 Å². The number of hydrogen-bond acceptors (Lipinski definition) is 2. The van der Waals surface area contributed by atoms with Crippen LogP contribution in [0.3, 0.4) is 0 Å². The molecule has 2 nitrogen and oxygen atoms in total. The molecule has 1 aliphatic heterocycles. The van der Waals surface area contributed by atoms with Gasteiger partial charge < -0.3 is 10.1 Å². The van der Waals surface area contributed by atoms with Crippen LogP contribution in [0.25, 0.3) is 0 Å². The molecule has 1 fully saturated rings. The molecule has 1 spiro atoms. The van der Waals surface area contributed by atoms with E-state index < -0.39 is 0 Å². The van der Waals surface area contributed by atoms with E-state index in [-0.39, 0.29) is 5.60 Å². The zero-order valence-electron chi connectivity index (χ0n) is 7.44. The van der Waals surface area contributed by atoms with Crippen molar-refractivity contribution in [1.82, 2.24) is 0 Å². The number of fused-ring (bicyclic) bond motifs is 1. The van der Waals surface area contributed by atoms with Crippen LogP contribution in [0.4, 0.5) is 5.69 Å². The molecule has 1 aliphatic carbocycles. The van der Waals surface area contributed by atoms with Crippen molar-refractivity contribution in [1.29, 1.82) is 0 Å². The largest absolute Gasteiger partial charge is 0.483 e. The Morgan fingerprint density at radius 1 is 1.29 bits per heavy atom. The lowest BCUT2D eigenvalue weighted by molar-refractivity contribution is 0.184. The summed E-state index contributed by atoms with van der Waals surface area (Å²) in [6, 6.07) is 4.05. The lowest BCUT2D eigenvalue weighted by Gasteiger charge is -2.28. The molecule has 0 atom stereocenters. The van der Waals surface area contributed by atoms with E-state index >= 15 is 0 Å². The Hall–Kier alpha value is -0.220. The summed E-state index contributed by atoms with van der Waals surface area (Å²) in [5, 5.41) is 3.42. The fraction of sp³-hybridized carbons (Fsp3) is 0.400. The van der Waals surface area contributed by atoms with Crippen LogP contribution in [0.5, 0.6) is 5.75 Å². The molecule has 1 aromatic rings. The third kappa shape index (κ3) is 1.36. The molecule has 0 unspecified atom stereocenters. The molecule has 1 heterocycles. The Balaban J connectivity index is 2.07. The number of anilines is 1. The average Bonchev–Trinajstić information content (AvgIpc) is 2.83. The SMILES string of the molecule is Brc1cc(Br)c2c(c1)OC1(CC1)CN2. The number of nitrogens with one attached hydrogen (secondary N) is 1. The van der Waals surface area contributed by atoms with E-state index in [1.807, 2.05) is 12.1 Å². The van der Waals surface area contributed by atoms with Crippen LogP contribution < -0.4 is 10.1 Å². The van der Waals surface area contributed by atoms with Crippen LogP contribution in [-0.4, -0.2) is 12.1 Å². The summed E-state index contributed by atoms with van der Waals surface area (Å²) in [5.41, 5.74) is 1.18. The Labute approximate surface area is 99.3 Å². The molecule has 1 saturated carbocycles. The van der Waals surface area contributed by atoms with Gasteiger partial charge in [-0.25, -0.2) is 0 Å². The lowest BCUT2D eigenvalue weighted by atomic mass is 10.2. The van der Waals surface area contributed by atoms with Gasteiger partial charge in [0, 0.05) is 8.95 Å². The standard InChI is InChI=1S/C10H9Br2NO/c11-6-3-7(12)9-8(4-6)14-10(1-2-10)5-13-9/h3-4,13H,1-2,5H2. The molecule has 1 N–H and O–H groups in total. The van der Waals surface area contributed by atoms with Crippen LogP contribution in [-0.2, 0) is 0 Å².